The molecule has 0 spiro atoms. The van der Waals surface area contributed by atoms with Crippen molar-refractivity contribution in [3.8, 4) is 0 Å². The average Bonchev–Trinajstić information content (AvgIpc) is 3.25. The van der Waals surface area contributed by atoms with Crippen LogP contribution in [0.3, 0.4) is 0 Å². The van der Waals surface area contributed by atoms with Gasteiger partial charge < -0.3 is 19.0 Å². The maximum atomic E-state index is 12.6. The number of esters is 2. The molecule has 3 aliphatic rings. The zero-order valence-electron chi connectivity index (χ0n) is 14.8. The number of aliphatic hydroxyl groups excluding tert-OH is 1. The molecule has 1 aromatic heterocycles. The molecule has 27 heavy (non-hydrogen) atoms. The number of rotatable bonds is 4. The lowest BCUT2D eigenvalue weighted by Gasteiger charge is -2.35. The van der Waals surface area contributed by atoms with E-state index in [0.29, 0.717) is 18.4 Å². The molecule has 1 aliphatic carbocycles. The number of hydrogen-bond donors (Lipinski definition) is 1. The van der Waals surface area contributed by atoms with Gasteiger partial charge in [-0.15, -0.1) is 0 Å². The van der Waals surface area contributed by atoms with Crippen LogP contribution in [0.1, 0.15) is 37.9 Å². The van der Waals surface area contributed by atoms with Crippen LogP contribution >= 0.6 is 0 Å². The number of furan rings is 1. The van der Waals surface area contributed by atoms with Crippen molar-refractivity contribution in [2.45, 2.75) is 38.4 Å². The van der Waals surface area contributed by atoms with Gasteiger partial charge in [0.05, 0.1) is 35.5 Å². The first-order valence-corrected chi connectivity index (χ1v) is 8.91. The van der Waals surface area contributed by atoms with Crippen molar-refractivity contribution >= 4 is 17.7 Å². The molecule has 0 amide bonds. The number of fused-ring (bicyclic) bond motifs is 1. The topological polar surface area (TPSA) is 103 Å². The molecule has 1 aromatic rings. The quantitative estimate of drug-likeness (QED) is 0.807. The third-order valence-electron chi connectivity index (χ3n) is 5.78. The van der Waals surface area contributed by atoms with Crippen LogP contribution in [0.15, 0.2) is 46.3 Å². The standard InChI is InChI=1S/C20H20O7/c1-11-7-15(12-5-6-25-9-12)27-19(24)17(11)14(21)8-20-10-26-18(23)13(20)3-2-4-16(20)22/h2,4-6,9,13-15,21H,3,7-8,10H2,1H3. The summed E-state index contributed by atoms with van der Waals surface area (Å²) in [5.41, 5.74) is 0.476. The van der Waals surface area contributed by atoms with Gasteiger partial charge in [-0.25, -0.2) is 4.79 Å². The van der Waals surface area contributed by atoms with E-state index in [1.807, 2.05) is 0 Å². The highest BCUT2D eigenvalue weighted by atomic mass is 16.5. The van der Waals surface area contributed by atoms with Crippen LogP contribution in [0.25, 0.3) is 0 Å². The third-order valence-corrected chi connectivity index (χ3v) is 5.78. The highest BCUT2D eigenvalue weighted by Gasteiger charge is 2.56. The summed E-state index contributed by atoms with van der Waals surface area (Å²) in [5.74, 6) is -1.92. The van der Waals surface area contributed by atoms with Gasteiger partial charge in [-0.3, -0.25) is 9.59 Å². The minimum Gasteiger partial charge on any atom is -0.472 e. The fraction of sp³-hybridized carbons (Fsp3) is 0.450. The van der Waals surface area contributed by atoms with Crippen molar-refractivity contribution in [2.24, 2.45) is 11.3 Å². The minimum atomic E-state index is -1.21. The van der Waals surface area contributed by atoms with Crippen LogP contribution in [0.5, 0.6) is 0 Å². The van der Waals surface area contributed by atoms with Crippen molar-refractivity contribution in [3.05, 3.63) is 47.5 Å². The summed E-state index contributed by atoms with van der Waals surface area (Å²) in [6, 6.07) is 1.73. The Labute approximate surface area is 155 Å². The predicted octanol–water partition coefficient (Wildman–Crippen LogP) is 2.02. The Kier molecular flexibility index (Phi) is 4.26. The Balaban J connectivity index is 1.59. The smallest absolute Gasteiger partial charge is 0.337 e. The molecule has 0 saturated carbocycles. The molecule has 3 heterocycles. The van der Waals surface area contributed by atoms with Crippen LogP contribution < -0.4 is 0 Å². The van der Waals surface area contributed by atoms with Crippen LogP contribution in [0.4, 0.5) is 0 Å². The summed E-state index contributed by atoms with van der Waals surface area (Å²) in [4.78, 5) is 37.1. The summed E-state index contributed by atoms with van der Waals surface area (Å²) >= 11 is 0. The molecule has 1 fully saturated rings. The molecule has 7 heteroatoms. The first kappa shape index (κ1) is 17.7. The molecule has 142 valence electrons. The highest BCUT2D eigenvalue weighted by Crippen LogP contribution is 2.46. The van der Waals surface area contributed by atoms with E-state index in [4.69, 9.17) is 13.9 Å². The van der Waals surface area contributed by atoms with Crippen molar-refractivity contribution < 1.29 is 33.4 Å². The molecule has 2 aliphatic heterocycles. The fourth-order valence-corrected chi connectivity index (χ4v) is 4.28. The van der Waals surface area contributed by atoms with Gasteiger partial charge in [0.1, 0.15) is 12.7 Å². The average molecular weight is 372 g/mol. The van der Waals surface area contributed by atoms with Crippen LogP contribution in [0, 0.1) is 11.3 Å². The zero-order chi connectivity index (χ0) is 19.2. The summed E-state index contributed by atoms with van der Waals surface area (Å²) in [6.07, 6.45) is 5.20. The number of ether oxygens (including phenoxy) is 2. The van der Waals surface area contributed by atoms with E-state index in [2.05, 4.69) is 0 Å². The monoisotopic (exact) mass is 372 g/mol. The maximum Gasteiger partial charge on any atom is 0.337 e. The number of ketones is 1. The predicted molar refractivity (Wildman–Crippen MR) is 91.1 cm³/mol. The van der Waals surface area contributed by atoms with E-state index < -0.39 is 35.5 Å². The molecule has 7 nitrogen and oxygen atoms in total. The summed E-state index contributed by atoms with van der Waals surface area (Å²) < 4.78 is 15.6. The molecule has 0 bridgehead atoms. The van der Waals surface area contributed by atoms with Gasteiger partial charge in [-0.2, -0.15) is 0 Å². The number of cyclic esters (lactones) is 2. The lowest BCUT2D eigenvalue weighted by atomic mass is 9.66. The Morgan fingerprint density at radius 2 is 2.15 bits per heavy atom. The van der Waals surface area contributed by atoms with Gasteiger partial charge >= 0.3 is 11.9 Å². The molecular weight excluding hydrogens is 352 g/mol. The third kappa shape index (κ3) is 2.82. The SMILES string of the molecule is CC1=C(C(O)CC23COC(=O)C2CC=CC3=O)C(=O)OC(c2ccoc2)C1. The number of carbonyl (C=O) groups is 3. The van der Waals surface area contributed by atoms with Crippen molar-refractivity contribution in [2.75, 3.05) is 6.61 Å². The Bertz CT molecular complexity index is 848. The van der Waals surface area contributed by atoms with Crippen molar-refractivity contribution in [1.29, 1.82) is 0 Å². The molecule has 4 unspecified atom stereocenters. The van der Waals surface area contributed by atoms with Crippen molar-refractivity contribution in [1.82, 2.24) is 0 Å². The second-order valence-electron chi connectivity index (χ2n) is 7.39. The Hall–Kier alpha value is -2.67. The summed E-state index contributed by atoms with van der Waals surface area (Å²) in [7, 11) is 0. The van der Waals surface area contributed by atoms with Gasteiger partial charge in [-0.05, 0) is 31.9 Å². The van der Waals surface area contributed by atoms with Gasteiger partial charge in [0, 0.05) is 12.0 Å². The van der Waals surface area contributed by atoms with E-state index in [1.54, 1.807) is 19.1 Å². The minimum absolute atomic E-state index is 0.0509. The van der Waals surface area contributed by atoms with E-state index in [9.17, 15) is 19.5 Å². The Morgan fingerprint density at radius 1 is 1.33 bits per heavy atom. The van der Waals surface area contributed by atoms with Crippen LogP contribution in [-0.4, -0.2) is 35.5 Å². The van der Waals surface area contributed by atoms with Crippen molar-refractivity contribution in [3.63, 3.8) is 0 Å². The van der Waals surface area contributed by atoms with Gasteiger partial charge in [0.15, 0.2) is 5.78 Å². The van der Waals surface area contributed by atoms with Gasteiger partial charge in [-0.1, -0.05) is 11.6 Å². The molecule has 0 aromatic carbocycles. The number of carbonyl (C=O) groups excluding carboxylic acids is 3. The second kappa shape index (κ2) is 6.49. The largest absolute Gasteiger partial charge is 0.472 e. The first-order chi connectivity index (χ1) is 12.9. The maximum absolute atomic E-state index is 12.6. The normalized spacial score (nSPS) is 31.6. The Morgan fingerprint density at radius 3 is 2.85 bits per heavy atom. The molecule has 1 saturated heterocycles. The van der Waals surface area contributed by atoms with E-state index in [1.165, 1.54) is 18.6 Å². The number of aliphatic hydroxyl groups is 1. The first-order valence-electron chi connectivity index (χ1n) is 8.91. The summed E-state index contributed by atoms with van der Waals surface area (Å²) in [5, 5.41) is 10.8. The van der Waals surface area contributed by atoms with E-state index in [0.717, 1.165) is 5.56 Å². The highest BCUT2D eigenvalue weighted by molar-refractivity contribution is 6.01. The molecule has 4 atom stereocenters. The van der Waals surface area contributed by atoms with Crippen LogP contribution in [-0.2, 0) is 23.9 Å². The second-order valence-corrected chi connectivity index (χ2v) is 7.39. The van der Waals surface area contributed by atoms with E-state index in [-0.39, 0.29) is 24.4 Å². The molecule has 1 N–H and O–H groups in total. The number of allylic oxidation sites excluding steroid dienone is 2. The zero-order valence-corrected chi connectivity index (χ0v) is 14.8. The van der Waals surface area contributed by atoms with Crippen LogP contribution in [0.2, 0.25) is 0 Å². The fourth-order valence-electron chi connectivity index (χ4n) is 4.28. The summed E-state index contributed by atoms with van der Waals surface area (Å²) in [6.45, 7) is 1.69. The molecular formula is C20H20O7. The lowest BCUT2D eigenvalue weighted by molar-refractivity contribution is -0.148. The van der Waals surface area contributed by atoms with E-state index >= 15 is 0 Å². The molecule has 0 radical (unpaired) electrons. The lowest BCUT2D eigenvalue weighted by Crippen LogP contribution is -2.44. The molecule has 4 rings (SSSR count). The van der Waals surface area contributed by atoms with Gasteiger partial charge in [0.2, 0.25) is 0 Å². The number of hydrogen-bond acceptors (Lipinski definition) is 7. The van der Waals surface area contributed by atoms with Gasteiger partial charge in [0.25, 0.3) is 0 Å².